The number of rotatable bonds is 8. The molecule has 0 saturated carbocycles. The molecule has 1 aromatic carbocycles. The maximum atomic E-state index is 10.4. The molecule has 0 aliphatic carbocycles. The van der Waals surface area contributed by atoms with Crippen LogP contribution in [-0.4, -0.2) is 106 Å². The molecule has 0 amide bonds. The highest BCUT2D eigenvalue weighted by molar-refractivity contribution is 5.52. The Bertz CT molecular complexity index is 834. The molecule has 33 heavy (non-hydrogen) atoms. The minimum Gasteiger partial charge on any atom is -0.462 e. The Hall–Kier alpha value is -2.00. The molecule has 0 aromatic heterocycles. The fourth-order valence-electron chi connectivity index (χ4n) is 3.86. The van der Waals surface area contributed by atoms with Crippen LogP contribution in [0.25, 0.3) is 0 Å². The van der Waals surface area contributed by atoms with E-state index >= 15 is 0 Å². The van der Waals surface area contributed by atoms with E-state index in [0.717, 1.165) is 0 Å². The molecule has 6 N–H and O–H groups in total. The van der Waals surface area contributed by atoms with Crippen LogP contribution in [0, 0.1) is 0 Å². The Morgan fingerprint density at radius 1 is 0.879 bits per heavy atom. The summed E-state index contributed by atoms with van der Waals surface area (Å²) in [7, 11) is 0. The molecule has 184 valence electrons. The Kier molecular flexibility index (Phi) is 7.38. The van der Waals surface area contributed by atoms with Gasteiger partial charge in [0, 0.05) is 11.6 Å². The summed E-state index contributed by atoms with van der Waals surface area (Å²) in [6.45, 7) is 2.86. The second-order valence-electron chi connectivity index (χ2n) is 7.98. The lowest BCUT2D eigenvalue weighted by atomic mass is 9.99. The van der Waals surface area contributed by atoms with E-state index in [2.05, 4.69) is 6.58 Å². The van der Waals surface area contributed by atoms with Gasteiger partial charge in [0.1, 0.15) is 48.5 Å². The van der Waals surface area contributed by atoms with Crippen LogP contribution >= 0.6 is 0 Å². The maximum absolute atomic E-state index is 10.4. The lowest BCUT2D eigenvalue weighted by Crippen LogP contribution is -2.60. The predicted molar refractivity (Wildman–Crippen MR) is 107 cm³/mol. The highest BCUT2D eigenvalue weighted by Gasteiger charge is 2.47. The minimum atomic E-state index is -1.63. The standard InChI is InChI=1S/C21H28O12/c1-2-3-9-4-11-12(30-8-29-11)5-10(9)31-21-19(27)17(25)16(24)14(33-21)7-28-20-18(26)15(23)13(6-22)32-20/h2,4-5,13-27H,1,3,6-8H2/t13-,14+,15-,16+,17-,18+,19+,20+,21+/m0/s1. The zero-order chi connectivity index (χ0) is 23.7. The lowest BCUT2D eigenvalue weighted by molar-refractivity contribution is -0.290. The molecule has 12 nitrogen and oxygen atoms in total. The SMILES string of the molecule is C=CCc1cc2c(cc1O[C@@H]1O[C@H](CO[C@@H]3O[C@@H](CO)[C@H](O)[C@H]3O)[C@@H](O)[C@H](O)[C@H]1O)OCO2. The molecule has 0 bridgehead atoms. The van der Waals surface area contributed by atoms with E-state index in [1.165, 1.54) is 0 Å². The number of allylic oxidation sites excluding steroid dienone is 1. The maximum Gasteiger partial charge on any atom is 0.231 e. The third kappa shape index (κ3) is 4.80. The van der Waals surface area contributed by atoms with Gasteiger partial charge in [-0.3, -0.25) is 0 Å². The fraction of sp³-hybridized carbons (Fsp3) is 0.619. The van der Waals surface area contributed by atoms with Crippen molar-refractivity contribution in [3.05, 3.63) is 30.4 Å². The monoisotopic (exact) mass is 472 g/mol. The van der Waals surface area contributed by atoms with Crippen LogP contribution in [0.1, 0.15) is 5.56 Å². The zero-order valence-electron chi connectivity index (χ0n) is 17.6. The van der Waals surface area contributed by atoms with Crippen molar-refractivity contribution in [2.24, 2.45) is 0 Å². The molecule has 0 spiro atoms. The number of ether oxygens (including phenoxy) is 6. The summed E-state index contributed by atoms with van der Waals surface area (Å²) in [5.74, 6) is 1.27. The van der Waals surface area contributed by atoms with Crippen LogP contribution in [0.5, 0.6) is 17.2 Å². The van der Waals surface area contributed by atoms with Crippen LogP contribution in [0.4, 0.5) is 0 Å². The van der Waals surface area contributed by atoms with Gasteiger partial charge in [-0.25, -0.2) is 0 Å². The molecule has 3 aliphatic heterocycles. The summed E-state index contributed by atoms with van der Waals surface area (Å²) in [5.41, 5.74) is 0.671. The number of aliphatic hydroxyl groups excluding tert-OH is 6. The van der Waals surface area contributed by atoms with E-state index in [1.54, 1.807) is 18.2 Å². The molecule has 1 aromatic rings. The van der Waals surface area contributed by atoms with Gasteiger partial charge in [0.05, 0.1) is 13.2 Å². The Morgan fingerprint density at radius 3 is 2.18 bits per heavy atom. The number of aliphatic hydroxyl groups is 6. The molecule has 0 radical (unpaired) electrons. The number of hydrogen-bond donors (Lipinski definition) is 6. The van der Waals surface area contributed by atoms with Gasteiger partial charge in [-0.05, 0) is 12.5 Å². The van der Waals surface area contributed by atoms with E-state index in [9.17, 15) is 30.6 Å². The first-order valence-corrected chi connectivity index (χ1v) is 10.5. The Balaban J connectivity index is 1.45. The van der Waals surface area contributed by atoms with Crippen LogP contribution < -0.4 is 14.2 Å². The highest BCUT2D eigenvalue weighted by Crippen LogP contribution is 2.39. The van der Waals surface area contributed by atoms with Gasteiger partial charge < -0.3 is 59.1 Å². The molecule has 2 fully saturated rings. The summed E-state index contributed by atoms with van der Waals surface area (Å²) >= 11 is 0. The van der Waals surface area contributed by atoms with Crippen molar-refractivity contribution in [2.45, 2.75) is 61.7 Å². The van der Waals surface area contributed by atoms with Crippen molar-refractivity contribution in [1.29, 1.82) is 0 Å². The van der Waals surface area contributed by atoms with Crippen molar-refractivity contribution in [3.8, 4) is 17.2 Å². The van der Waals surface area contributed by atoms with Gasteiger partial charge in [0.15, 0.2) is 17.8 Å². The molecule has 2 saturated heterocycles. The van der Waals surface area contributed by atoms with Gasteiger partial charge in [-0.2, -0.15) is 0 Å². The van der Waals surface area contributed by atoms with Gasteiger partial charge in [-0.15, -0.1) is 6.58 Å². The smallest absolute Gasteiger partial charge is 0.231 e. The second kappa shape index (κ2) is 10.1. The van der Waals surface area contributed by atoms with Gasteiger partial charge >= 0.3 is 0 Å². The van der Waals surface area contributed by atoms with E-state index in [1.807, 2.05) is 0 Å². The summed E-state index contributed by atoms with van der Waals surface area (Å²) in [6, 6.07) is 3.28. The molecule has 3 aliphatic rings. The summed E-state index contributed by atoms with van der Waals surface area (Å²) in [6.07, 6.45) is -10.3. The average molecular weight is 472 g/mol. The predicted octanol–water partition coefficient (Wildman–Crippen LogP) is -2.21. The van der Waals surface area contributed by atoms with Crippen molar-refractivity contribution >= 4 is 0 Å². The van der Waals surface area contributed by atoms with Crippen molar-refractivity contribution in [1.82, 2.24) is 0 Å². The summed E-state index contributed by atoms with van der Waals surface area (Å²) in [5, 5.41) is 60.1. The average Bonchev–Trinajstić information content (AvgIpc) is 3.37. The van der Waals surface area contributed by atoms with Crippen molar-refractivity contribution in [2.75, 3.05) is 20.0 Å². The Morgan fingerprint density at radius 2 is 1.52 bits per heavy atom. The first kappa shape index (κ1) is 24.1. The topological polar surface area (TPSA) is 177 Å². The zero-order valence-corrected chi connectivity index (χ0v) is 17.6. The summed E-state index contributed by atoms with van der Waals surface area (Å²) < 4.78 is 32.9. The number of benzene rings is 1. The molecule has 4 rings (SSSR count). The lowest BCUT2D eigenvalue weighted by Gasteiger charge is -2.40. The number of fused-ring (bicyclic) bond motifs is 1. The summed E-state index contributed by atoms with van der Waals surface area (Å²) in [4.78, 5) is 0. The fourth-order valence-corrected chi connectivity index (χ4v) is 3.86. The molecule has 0 unspecified atom stereocenters. The van der Waals surface area contributed by atoms with Crippen molar-refractivity contribution in [3.63, 3.8) is 0 Å². The minimum absolute atomic E-state index is 0.0557. The number of hydrogen-bond acceptors (Lipinski definition) is 12. The molecular weight excluding hydrogens is 444 g/mol. The van der Waals surface area contributed by atoms with E-state index < -0.39 is 61.9 Å². The van der Waals surface area contributed by atoms with Crippen LogP contribution in [-0.2, 0) is 20.6 Å². The highest BCUT2D eigenvalue weighted by atomic mass is 16.7. The van der Waals surface area contributed by atoms with E-state index in [0.29, 0.717) is 29.2 Å². The normalized spacial score (nSPS) is 37.8. The Labute approximate surface area is 189 Å². The quantitative estimate of drug-likeness (QED) is 0.225. The molecular formula is C21H28O12. The van der Waals surface area contributed by atoms with Gasteiger partial charge in [0.2, 0.25) is 13.1 Å². The first-order chi connectivity index (χ1) is 15.8. The third-order valence-corrected chi connectivity index (χ3v) is 5.75. The molecule has 3 heterocycles. The van der Waals surface area contributed by atoms with Crippen LogP contribution in [0.3, 0.4) is 0 Å². The molecule has 9 atom stereocenters. The van der Waals surface area contributed by atoms with Gasteiger partial charge in [-0.1, -0.05) is 6.08 Å². The van der Waals surface area contributed by atoms with Gasteiger partial charge in [0.25, 0.3) is 0 Å². The third-order valence-electron chi connectivity index (χ3n) is 5.75. The first-order valence-electron chi connectivity index (χ1n) is 10.5. The molecule has 12 heteroatoms. The van der Waals surface area contributed by atoms with Crippen molar-refractivity contribution < 1.29 is 59.1 Å². The van der Waals surface area contributed by atoms with Crippen LogP contribution in [0.2, 0.25) is 0 Å². The van der Waals surface area contributed by atoms with Crippen LogP contribution in [0.15, 0.2) is 24.8 Å². The van der Waals surface area contributed by atoms with E-state index in [-0.39, 0.29) is 13.4 Å². The van der Waals surface area contributed by atoms with E-state index in [4.69, 9.17) is 28.4 Å². The second-order valence-corrected chi connectivity index (χ2v) is 7.98. The largest absolute Gasteiger partial charge is 0.462 e.